The van der Waals surface area contributed by atoms with Crippen molar-refractivity contribution in [1.29, 1.82) is 0 Å². The van der Waals surface area contributed by atoms with Gasteiger partial charge in [-0.15, -0.1) is 5.10 Å². The third-order valence-corrected chi connectivity index (χ3v) is 6.99. The fourth-order valence-electron chi connectivity index (χ4n) is 5.22. The van der Waals surface area contributed by atoms with Crippen LogP contribution in [0.15, 0.2) is 24.4 Å². The van der Waals surface area contributed by atoms with Crippen molar-refractivity contribution in [3.63, 3.8) is 0 Å². The summed E-state index contributed by atoms with van der Waals surface area (Å²) in [6.07, 6.45) is 8.45. The number of ether oxygens (including phenoxy) is 1. The molecule has 2 aliphatic heterocycles. The Hall–Kier alpha value is -3.27. The summed E-state index contributed by atoms with van der Waals surface area (Å²) >= 11 is 0. The van der Waals surface area contributed by atoms with E-state index in [0.717, 1.165) is 29.3 Å². The molecule has 10 heteroatoms. The Kier molecular flexibility index (Phi) is 6.57. The number of hydrogen-bond acceptors (Lipinski definition) is 9. The van der Waals surface area contributed by atoms with E-state index in [4.69, 9.17) is 9.72 Å². The molecule has 180 valence electrons. The first-order chi connectivity index (χ1) is 16.6. The molecule has 0 radical (unpaired) electrons. The van der Waals surface area contributed by atoms with Gasteiger partial charge in [-0.3, -0.25) is 0 Å². The Morgan fingerprint density at radius 1 is 1.09 bits per heavy atom. The number of hydrogen-bond donors (Lipinski definition) is 2. The highest BCUT2D eigenvalue weighted by molar-refractivity contribution is 5.62. The van der Waals surface area contributed by atoms with E-state index in [1.807, 2.05) is 38.2 Å². The van der Waals surface area contributed by atoms with Crippen molar-refractivity contribution in [3.05, 3.63) is 35.8 Å². The van der Waals surface area contributed by atoms with Crippen LogP contribution in [0.4, 0.5) is 17.5 Å². The number of anilines is 3. The van der Waals surface area contributed by atoms with Crippen LogP contribution in [0.1, 0.15) is 43.5 Å². The van der Waals surface area contributed by atoms with E-state index in [-0.39, 0.29) is 0 Å². The molecular weight excluding hydrogens is 430 g/mol. The first kappa shape index (κ1) is 22.5. The van der Waals surface area contributed by atoms with E-state index in [2.05, 4.69) is 36.0 Å². The summed E-state index contributed by atoms with van der Waals surface area (Å²) in [6.45, 7) is 7.36. The van der Waals surface area contributed by atoms with Gasteiger partial charge in [0.15, 0.2) is 5.82 Å². The molecule has 1 unspecified atom stereocenters. The van der Waals surface area contributed by atoms with Gasteiger partial charge in [0.25, 0.3) is 0 Å². The van der Waals surface area contributed by atoms with Crippen LogP contribution in [-0.4, -0.2) is 67.9 Å². The van der Waals surface area contributed by atoms with Crippen LogP contribution in [0.25, 0.3) is 5.69 Å². The summed E-state index contributed by atoms with van der Waals surface area (Å²) in [5.74, 6) is 3.46. The smallest absolute Gasteiger partial charge is 0.229 e. The highest BCUT2D eigenvalue weighted by Gasteiger charge is 2.32. The van der Waals surface area contributed by atoms with Crippen LogP contribution in [0.3, 0.4) is 0 Å². The Bertz CT molecular complexity index is 1130. The molecule has 1 aromatic carbocycles. The second kappa shape index (κ2) is 9.92. The number of benzene rings is 1. The molecule has 5 rings (SSSR count). The second-order valence-corrected chi connectivity index (χ2v) is 9.29. The molecule has 0 spiro atoms. The Morgan fingerprint density at radius 3 is 2.79 bits per heavy atom. The number of piperidine rings is 2. The molecule has 0 amide bonds. The van der Waals surface area contributed by atoms with Crippen LogP contribution in [-0.2, 0) is 0 Å². The van der Waals surface area contributed by atoms with Gasteiger partial charge >= 0.3 is 0 Å². The van der Waals surface area contributed by atoms with E-state index in [1.165, 1.54) is 45.2 Å². The normalized spacial score (nSPS) is 20.6. The number of aromatic nitrogens is 6. The zero-order valence-corrected chi connectivity index (χ0v) is 20.2. The molecular formula is C24H33N9O. The molecule has 10 nitrogen and oxygen atoms in total. The standard InChI is InChI=1S/C24H33N9O/c1-16-14-26-24(27-19-11-20(13-21(12-19)34-3)33-17(2)29-30-31-33)28-23(16)25-15-18-7-6-10-32-9-5-4-8-22(18)32/h11-14,18,22H,4-10,15H2,1-3H3,(H2,25,26,27,28)/t18-,22?/m0/s1. The number of nitrogens with one attached hydrogen (secondary N) is 2. The highest BCUT2D eigenvalue weighted by atomic mass is 16.5. The van der Waals surface area contributed by atoms with Gasteiger partial charge in [0, 0.05) is 42.2 Å². The third-order valence-electron chi connectivity index (χ3n) is 6.99. The van der Waals surface area contributed by atoms with E-state index < -0.39 is 0 Å². The Balaban J connectivity index is 1.32. The lowest BCUT2D eigenvalue weighted by Crippen LogP contribution is -2.49. The monoisotopic (exact) mass is 463 g/mol. The van der Waals surface area contributed by atoms with Crippen LogP contribution in [0, 0.1) is 19.8 Å². The van der Waals surface area contributed by atoms with Gasteiger partial charge < -0.3 is 20.3 Å². The SMILES string of the molecule is COc1cc(Nc2ncc(C)c(NC[C@@H]3CCCN4CCCCC34)n2)cc(-n2nnnc2C)c1. The minimum Gasteiger partial charge on any atom is -0.497 e. The minimum absolute atomic E-state index is 0.531. The third kappa shape index (κ3) is 4.82. The second-order valence-electron chi connectivity index (χ2n) is 9.29. The van der Waals surface area contributed by atoms with E-state index in [9.17, 15) is 0 Å². The Morgan fingerprint density at radius 2 is 1.97 bits per heavy atom. The van der Waals surface area contributed by atoms with Crippen molar-refractivity contribution >= 4 is 17.5 Å². The zero-order valence-electron chi connectivity index (χ0n) is 20.2. The molecule has 2 atom stereocenters. The Labute approximate surface area is 200 Å². The molecule has 2 N–H and O–H groups in total. The maximum Gasteiger partial charge on any atom is 0.229 e. The predicted octanol–water partition coefficient (Wildman–Crippen LogP) is 3.50. The van der Waals surface area contributed by atoms with Crippen molar-refractivity contribution in [2.75, 3.05) is 37.4 Å². The van der Waals surface area contributed by atoms with E-state index in [0.29, 0.717) is 29.5 Å². The van der Waals surface area contributed by atoms with E-state index >= 15 is 0 Å². The molecule has 0 bridgehead atoms. The van der Waals surface area contributed by atoms with Gasteiger partial charge in [0.1, 0.15) is 11.6 Å². The summed E-state index contributed by atoms with van der Waals surface area (Å²) in [6, 6.07) is 6.44. The summed E-state index contributed by atoms with van der Waals surface area (Å²) < 4.78 is 7.15. The lowest BCUT2D eigenvalue weighted by atomic mass is 9.83. The predicted molar refractivity (Wildman–Crippen MR) is 131 cm³/mol. The van der Waals surface area contributed by atoms with Crippen molar-refractivity contribution in [1.82, 2.24) is 35.1 Å². The molecule has 0 saturated carbocycles. The number of nitrogens with zero attached hydrogens (tertiary/aromatic N) is 7. The molecule has 0 aliphatic carbocycles. The molecule has 2 fully saturated rings. The zero-order chi connectivity index (χ0) is 23.5. The lowest BCUT2D eigenvalue weighted by molar-refractivity contribution is 0.0649. The van der Waals surface area contributed by atoms with Crippen LogP contribution in [0.2, 0.25) is 0 Å². The summed E-state index contributed by atoms with van der Waals surface area (Å²) in [5, 5.41) is 18.7. The number of fused-ring (bicyclic) bond motifs is 1. The molecule has 4 heterocycles. The number of methoxy groups -OCH3 is 1. The van der Waals surface area contributed by atoms with Gasteiger partial charge in [-0.05, 0) is 75.0 Å². The maximum absolute atomic E-state index is 5.48. The van der Waals surface area contributed by atoms with Crippen LogP contribution in [0.5, 0.6) is 5.75 Å². The number of aryl methyl sites for hydroxylation is 2. The highest BCUT2D eigenvalue weighted by Crippen LogP contribution is 2.31. The van der Waals surface area contributed by atoms with Crippen molar-refractivity contribution in [2.24, 2.45) is 5.92 Å². The largest absolute Gasteiger partial charge is 0.497 e. The summed E-state index contributed by atoms with van der Waals surface area (Å²) in [5.41, 5.74) is 2.63. The van der Waals surface area contributed by atoms with Crippen molar-refractivity contribution in [3.8, 4) is 11.4 Å². The molecule has 2 aromatic heterocycles. The maximum atomic E-state index is 5.48. The minimum atomic E-state index is 0.531. The van der Waals surface area contributed by atoms with Gasteiger partial charge in [0.05, 0.1) is 12.8 Å². The summed E-state index contributed by atoms with van der Waals surface area (Å²) in [7, 11) is 1.64. The lowest BCUT2D eigenvalue weighted by Gasteiger charge is -2.44. The van der Waals surface area contributed by atoms with Crippen molar-refractivity contribution in [2.45, 2.75) is 52.0 Å². The van der Waals surface area contributed by atoms with E-state index in [1.54, 1.807) is 11.8 Å². The summed E-state index contributed by atoms with van der Waals surface area (Å²) in [4.78, 5) is 12.0. The van der Waals surface area contributed by atoms with Gasteiger partial charge in [-0.25, -0.2) is 4.98 Å². The van der Waals surface area contributed by atoms with Crippen LogP contribution >= 0.6 is 0 Å². The average Bonchev–Trinajstić information content (AvgIpc) is 3.30. The first-order valence-electron chi connectivity index (χ1n) is 12.1. The van der Waals surface area contributed by atoms with Crippen LogP contribution < -0.4 is 15.4 Å². The molecule has 2 aliphatic rings. The van der Waals surface area contributed by atoms with Gasteiger partial charge in [0.2, 0.25) is 5.95 Å². The molecule has 34 heavy (non-hydrogen) atoms. The number of rotatable bonds is 7. The fourth-order valence-corrected chi connectivity index (χ4v) is 5.22. The quantitative estimate of drug-likeness (QED) is 0.544. The number of tetrazole rings is 1. The fraction of sp³-hybridized carbons (Fsp3) is 0.542. The molecule has 3 aromatic rings. The van der Waals surface area contributed by atoms with Gasteiger partial charge in [-0.2, -0.15) is 9.67 Å². The van der Waals surface area contributed by atoms with Gasteiger partial charge in [-0.1, -0.05) is 6.42 Å². The topological polar surface area (TPSA) is 106 Å². The first-order valence-corrected chi connectivity index (χ1v) is 12.1. The van der Waals surface area contributed by atoms with Crippen molar-refractivity contribution < 1.29 is 4.74 Å². The average molecular weight is 464 g/mol. The molecule has 2 saturated heterocycles.